The first-order chi connectivity index (χ1) is 15.2. The van der Waals surface area contributed by atoms with Crippen LogP contribution in [0.25, 0.3) is 0 Å². The summed E-state index contributed by atoms with van der Waals surface area (Å²) in [4.78, 5) is 36.7. The fourth-order valence-electron chi connectivity index (χ4n) is 1.38. The Morgan fingerprint density at radius 1 is 0.559 bits per heavy atom. The third kappa shape index (κ3) is 25.7. The van der Waals surface area contributed by atoms with Gasteiger partial charge in [0.25, 0.3) is 0 Å². The van der Waals surface area contributed by atoms with Crippen LogP contribution in [0.3, 0.4) is 0 Å². The van der Waals surface area contributed by atoms with Crippen LogP contribution in [-0.2, 0) is 45.7 Å². The molecule has 200 valence electrons. The van der Waals surface area contributed by atoms with E-state index in [9.17, 15) is 14.4 Å². The van der Waals surface area contributed by atoms with Crippen LogP contribution in [0.2, 0.25) is 0 Å². The number of rotatable bonds is 9. The van der Waals surface area contributed by atoms with Crippen molar-refractivity contribution in [1.29, 1.82) is 0 Å². The van der Waals surface area contributed by atoms with E-state index in [-0.39, 0.29) is 71.9 Å². The van der Waals surface area contributed by atoms with Gasteiger partial charge in [0.1, 0.15) is 37.1 Å². The molecule has 0 bridgehead atoms. The van der Waals surface area contributed by atoms with Gasteiger partial charge < -0.3 is 44.2 Å². The van der Waals surface area contributed by atoms with Gasteiger partial charge in [0.2, 0.25) is 17.7 Å². The number of nitrogens with zero attached hydrogens (tertiary/aromatic N) is 3. The van der Waals surface area contributed by atoms with Crippen LogP contribution in [0.4, 0.5) is 0 Å². The fraction of sp³-hybridized carbons (Fsp3) is 0.571. The standard InChI is InChI=1S/3C7H13NO3.Fe/c3*1-8(2)7(10)4-6(9)5-11-3;/h3*4,9H,5H2,1-3H3;. The Labute approximate surface area is 212 Å². The number of methoxy groups -OCH3 is 3. The summed E-state index contributed by atoms with van der Waals surface area (Å²) in [5, 5.41) is 26.9. The van der Waals surface area contributed by atoms with Gasteiger partial charge in [0, 0.05) is 98.9 Å². The van der Waals surface area contributed by atoms with Gasteiger partial charge in [-0.2, -0.15) is 0 Å². The molecule has 0 saturated carbocycles. The summed E-state index contributed by atoms with van der Waals surface area (Å²) in [6, 6.07) is 0. The van der Waals surface area contributed by atoms with Gasteiger partial charge in [0.05, 0.1) is 0 Å². The molecule has 0 aromatic carbocycles. The molecule has 0 rings (SSSR count). The van der Waals surface area contributed by atoms with Crippen LogP contribution >= 0.6 is 0 Å². The Kier molecular flexibility index (Phi) is 26.8. The predicted molar refractivity (Wildman–Crippen MR) is 124 cm³/mol. The molecular formula is C21H39FeN3O9. The number of ether oxygens (including phenoxy) is 3. The Balaban J connectivity index is -0.000000196. The number of amides is 3. The second-order valence-corrected chi connectivity index (χ2v) is 6.90. The van der Waals surface area contributed by atoms with E-state index in [2.05, 4.69) is 14.2 Å². The van der Waals surface area contributed by atoms with Gasteiger partial charge in [-0.1, -0.05) is 0 Å². The van der Waals surface area contributed by atoms with Crippen molar-refractivity contribution in [1.82, 2.24) is 14.7 Å². The number of hydrogen-bond donors (Lipinski definition) is 3. The van der Waals surface area contributed by atoms with Gasteiger partial charge in [0.15, 0.2) is 0 Å². The number of aliphatic hydroxyl groups is 3. The molecule has 0 unspecified atom stereocenters. The minimum absolute atomic E-state index is 0. The third-order valence-electron chi connectivity index (χ3n) is 3.07. The van der Waals surface area contributed by atoms with E-state index in [1.54, 1.807) is 42.3 Å². The van der Waals surface area contributed by atoms with E-state index in [0.717, 1.165) is 18.2 Å². The zero-order valence-corrected chi connectivity index (χ0v) is 22.4. The van der Waals surface area contributed by atoms with E-state index >= 15 is 0 Å². The summed E-state index contributed by atoms with van der Waals surface area (Å²) >= 11 is 0. The normalized spacial score (nSPS) is 11.0. The average molecular weight is 533 g/mol. The molecule has 0 aliphatic carbocycles. The van der Waals surface area contributed by atoms with Crippen molar-refractivity contribution >= 4 is 17.7 Å². The van der Waals surface area contributed by atoms with E-state index in [1.165, 1.54) is 36.0 Å². The van der Waals surface area contributed by atoms with Crippen molar-refractivity contribution in [2.75, 3.05) is 83.4 Å². The zero-order chi connectivity index (χ0) is 26.6. The molecule has 0 radical (unpaired) electrons. The number of carbonyl (C=O) groups excluding carboxylic acids is 3. The van der Waals surface area contributed by atoms with Gasteiger partial charge in [-0.25, -0.2) is 0 Å². The van der Waals surface area contributed by atoms with Gasteiger partial charge >= 0.3 is 0 Å². The van der Waals surface area contributed by atoms with Crippen LogP contribution in [0, 0.1) is 0 Å². The zero-order valence-electron chi connectivity index (χ0n) is 21.3. The first kappa shape index (κ1) is 38.7. The average Bonchev–Trinajstić information content (AvgIpc) is 2.69. The Hall–Kier alpha value is -2.57. The maximum absolute atomic E-state index is 10.9. The SMILES string of the molecule is COCC(O)=CC(=O)N(C)C.COCC(O)=CC(=O)N(C)C.COCC(O)=CC(=O)N(C)C.[Fe]. The van der Waals surface area contributed by atoms with Crippen molar-refractivity contribution in [2.24, 2.45) is 0 Å². The molecule has 0 heterocycles. The van der Waals surface area contributed by atoms with Crippen LogP contribution in [0.15, 0.2) is 35.5 Å². The molecule has 0 aliphatic heterocycles. The molecule has 0 spiro atoms. The molecule has 34 heavy (non-hydrogen) atoms. The quantitative estimate of drug-likeness (QED) is 0.219. The Bertz CT molecular complexity index is 586. The Morgan fingerprint density at radius 3 is 0.853 bits per heavy atom. The predicted octanol–water partition coefficient (Wildman–Crippen LogP) is 0.486. The van der Waals surface area contributed by atoms with Crippen molar-refractivity contribution < 1.29 is 61.0 Å². The summed E-state index contributed by atoms with van der Waals surface area (Å²) in [6.45, 7) is 0.207. The second-order valence-electron chi connectivity index (χ2n) is 6.90. The monoisotopic (exact) mass is 533 g/mol. The molecule has 0 atom stereocenters. The summed E-state index contributed by atoms with van der Waals surface area (Å²) in [5.41, 5.74) is 0. The maximum atomic E-state index is 10.9. The molecule has 3 N–H and O–H groups in total. The first-order valence-electron chi connectivity index (χ1n) is 9.52. The molecule has 13 heteroatoms. The summed E-state index contributed by atoms with van der Waals surface area (Å²) in [6.07, 6.45) is 3.39. The molecule has 0 aromatic rings. The van der Waals surface area contributed by atoms with E-state index in [1.807, 2.05) is 0 Å². The summed E-state index contributed by atoms with van der Waals surface area (Å²) in [7, 11) is 14.0. The maximum Gasteiger partial charge on any atom is 0.249 e. The first-order valence-corrected chi connectivity index (χ1v) is 9.52. The van der Waals surface area contributed by atoms with Gasteiger partial charge in [-0.3, -0.25) is 14.4 Å². The fourth-order valence-corrected chi connectivity index (χ4v) is 1.38. The van der Waals surface area contributed by atoms with Gasteiger partial charge in [-0.05, 0) is 0 Å². The molecular weight excluding hydrogens is 494 g/mol. The number of aliphatic hydroxyl groups excluding tert-OH is 3. The minimum Gasteiger partial charge on any atom is -0.510 e. The number of likely N-dealkylation sites (N-methyl/N-ethyl adjacent to an activating group) is 3. The molecule has 0 fully saturated rings. The van der Waals surface area contributed by atoms with E-state index in [0.29, 0.717) is 0 Å². The smallest absolute Gasteiger partial charge is 0.249 e. The van der Waals surface area contributed by atoms with Crippen LogP contribution in [0.1, 0.15) is 0 Å². The third-order valence-corrected chi connectivity index (χ3v) is 3.07. The molecule has 0 aromatic heterocycles. The van der Waals surface area contributed by atoms with Crippen LogP contribution in [-0.4, -0.2) is 131 Å². The van der Waals surface area contributed by atoms with E-state index < -0.39 is 0 Å². The molecule has 12 nitrogen and oxygen atoms in total. The van der Waals surface area contributed by atoms with Crippen molar-refractivity contribution in [3.63, 3.8) is 0 Å². The second kappa shape index (κ2) is 23.6. The summed E-state index contributed by atoms with van der Waals surface area (Å²) < 4.78 is 13.8. The number of carbonyl (C=O) groups is 3. The van der Waals surface area contributed by atoms with Crippen LogP contribution < -0.4 is 0 Å². The number of hydrogen-bond acceptors (Lipinski definition) is 9. The van der Waals surface area contributed by atoms with Crippen molar-refractivity contribution in [2.45, 2.75) is 0 Å². The molecule has 0 saturated heterocycles. The van der Waals surface area contributed by atoms with Crippen molar-refractivity contribution in [3.05, 3.63) is 35.5 Å². The van der Waals surface area contributed by atoms with Crippen molar-refractivity contribution in [3.8, 4) is 0 Å². The minimum atomic E-state index is -0.250. The van der Waals surface area contributed by atoms with E-state index in [4.69, 9.17) is 15.3 Å². The molecule has 3 amide bonds. The largest absolute Gasteiger partial charge is 0.510 e. The topological polar surface area (TPSA) is 149 Å². The van der Waals surface area contributed by atoms with Gasteiger partial charge in [-0.15, -0.1) is 0 Å². The Morgan fingerprint density at radius 2 is 0.735 bits per heavy atom. The van der Waals surface area contributed by atoms with Crippen LogP contribution in [0.5, 0.6) is 0 Å². The molecule has 0 aliphatic rings. The summed E-state index contributed by atoms with van der Waals surface area (Å²) in [5.74, 6) is -0.942.